The van der Waals surface area contributed by atoms with Crippen LogP contribution >= 0.6 is 0 Å². The van der Waals surface area contributed by atoms with Crippen LogP contribution in [0.2, 0.25) is 0 Å². The molecular formula is C59H37NO. The minimum Gasteiger partial charge on any atom is -0.455 e. The molecule has 2 aliphatic rings. The molecule has 0 atom stereocenters. The third-order valence-electron chi connectivity index (χ3n) is 13.3. The maximum atomic E-state index is 6.75. The highest BCUT2D eigenvalue weighted by atomic mass is 16.3. The number of rotatable bonds is 5. The number of anilines is 3. The standard InChI is InChI=1S/C59H37NO/c1-2-17-38(18-3-1)39-33-35-41(36-34-39)60(53-30-14-9-23-45(53)48-37-40-19-4-5-20-42(40)58-56(48)47-25-10-15-32-55(47)61-58)54-31-16-29-52-57(54)46-24-8-13-28-51(46)59(52)49-26-11-6-21-43(49)44-22-7-12-27-50(44)59/h1-37H. The van der Waals surface area contributed by atoms with Crippen molar-refractivity contribution in [3.63, 3.8) is 0 Å². The second kappa shape index (κ2) is 13.0. The lowest BCUT2D eigenvalue weighted by atomic mass is 9.70. The number of benzene rings is 10. The molecular weight excluding hydrogens is 739 g/mol. The SMILES string of the molecule is c1ccc(-c2ccc(N(c3ccccc3-c3cc4ccccc4c4oc5ccccc5c34)c3cccc4c3-c3ccccc3C43c4ccccc4-c4ccccc43)cc2)cc1. The van der Waals surface area contributed by atoms with Crippen molar-refractivity contribution in [1.29, 1.82) is 0 Å². The molecule has 0 amide bonds. The van der Waals surface area contributed by atoms with Gasteiger partial charge in [-0.05, 0) is 97.4 Å². The lowest BCUT2D eigenvalue weighted by molar-refractivity contribution is 0.673. The first kappa shape index (κ1) is 34.0. The first-order valence-electron chi connectivity index (χ1n) is 21.1. The van der Waals surface area contributed by atoms with Gasteiger partial charge in [0.2, 0.25) is 0 Å². The van der Waals surface area contributed by atoms with E-state index in [2.05, 4.69) is 229 Å². The van der Waals surface area contributed by atoms with Gasteiger partial charge in [-0.1, -0.05) is 188 Å². The third kappa shape index (κ3) is 4.73. The van der Waals surface area contributed by atoms with E-state index in [0.29, 0.717) is 0 Å². The average molecular weight is 776 g/mol. The van der Waals surface area contributed by atoms with Crippen molar-refractivity contribution < 1.29 is 4.42 Å². The second-order valence-electron chi connectivity index (χ2n) is 16.3. The van der Waals surface area contributed by atoms with Gasteiger partial charge in [0, 0.05) is 33.0 Å². The number of nitrogens with zero attached hydrogens (tertiary/aromatic N) is 1. The molecule has 10 aromatic carbocycles. The van der Waals surface area contributed by atoms with Gasteiger partial charge in [0.1, 0.15) is 11.2 Å². The van der Waals surface area contributed by atoms with Crippen molar-refractivity contribution in [3.8, 4) is 44.5 Å². The zero-order valence-corrected chi connectivity index (χ0v) is 33.2. The van der Waals surface area contributed by atoms with Crippen molar-refractivity contribution in [3.05, 3.63) is 247 Å². The summed E-state index contributed by atoms with van der Waals surface area (Å²) in [5.74, 6) is 0. The van der Waals surface area contributed by atoms with E-state index in [1.165, 1.54) is 55.6 Å². The van der Waals surface area contributed by atoms with Gasteiger partial charge >= 0.3 is 0 Å². The summed E-state index contributed by atoms with van der Waals surface area (Å²) in [6, 6.07) is 82.3. The minimum absolute atomic E-state index is 0.461. The Balaban J connectivity index is 1.12. The Morgan fingerprint density at radius 2 is 0.902 bits per heavy atom. The van der Waals surface area contributed by atoms with E-state index >= 15 is 0 Å². The molecule has 0 unspecified atom stereocenters. The fourth-order valence-electron chi connectivity index (χ4n) is 10.8. The lowest BCUT2D eigenvalue weighted by Crippen LogP contribution is -2.26. The smallest absolute Gasteiger partial charge is 0.143 e. The molecule has 1 spiro atoms. The fraction of sp³-hybridized carbons (Fsp3) is 0.0169. The summed E-state index contributed by atoms with van der Waals surface area (Å²) < 4.78 is 6.75. The number of para-hydroxylation sites is 2. The molecule has 284 valence electrons. The number of fused-ring (bicyclic) bond motifs is 15. The van der Waals surface area contributed by atoms with Gasteiger partial charge in [-0.3, -0.25) is 0 Å². The fourth-order valence-corrected chi connectivity index (χ4v) is 10.8. The van der Waals surface area contributed by atoms with E-state index < -0.39 is 5.41 Å². The Bertz CT molecular complexity index is 3490. The van der Waals surface area contributed by atoms with E-state index in [1.807, 2.05) is 0 Å². The lowest BCUT2D eigenvalue weighted by Gasteiger charge is -2.32. The van der Waals surface area contributed by atoms with Crippen LogP contribution in [0, 0.1) is 0 Å². The van der Waals surface area contributed by atoms with E-state index in [1.54, 1.807) is 0 Å². The third-order valence-corrected chi connectivity index (χ3v) is 13.3. The van der Waals surface area contributed by atoms with E-state index in [-0.39, 0.29) is 0 Å². The van der Waals surface area contributed by atoms with Crippen molar-refractivity contribution >= 4 is 49.8 Å². The maximum Gasteiger partial charge on any atom is 0.143 e. The Labute approximate surface area is 354 Å². The second-order valence-corrected chi connectivity index (χ2v) is 16.3. The van der Waals surface area contributed by atoms with E-state index in [9.17, 15) is 0 Å². The monoisotopic (exact) mass is 775 g/mol. The number of hydrogen-bond donors (Lipinski definition) is 0. The molecule has 0 aliphatic heterocycles. The summed E-state index contributed by atoms with van der Waals surface area (Å²) in [5.41, 5.74) is 19.7. The highest BCUT2D eigenvalue weighted by Crippen LogP contribution is 2.65. The topological polar surface area (TPSA) is 16.4 Å². The summed E-state index contributed by atoms with van der Waals surface area (Å²) in [6.45, 7) is 0. The molecule has 0 bridgehead atoms. The Kier molecular flexibility index (Phi) is 7.26. The molecule has 0 radical (unpaired) electrons. The van der Waals surface area contributed by atoms with Gasteiger partial charge in [0.25, 0.3) is 0 Å². The van der Waals surface area contributed by atoms with Crippen LogP contribution in [-0.4, -0.2) is 0 Å². The summed E-state index contributed by atoms with van der Waals surface area (Å²) in [4.78, 5) is 2.51. The summed E-state index contributed by atoms with van der Waals surface area (Å²) in [5, 5.41) is 4.50. The molecule has 0 saturated heterocycles. The van der Waals surface area contributed by atoms with Crippen molar-refractivity contribution in [2.24, 2.45) is 0 Å². The highest BCUT2D eigenvalue weighted by Gasteiger charge is 2.52. The van der Waals surface area contributed by atoms with E-state index in [0.717, 1.165) is 60.9 Å². The molecule has 0 N–H and O–H groups in total. The molecule has 1 heterocycles. The predicted octanol–water partition coefficient (Wildman–Crippen LogP) is 15.9. The molecule has 11 aromatic rings. The predicted molar refractivity (Wildman–Crippen MR) is 253 cm³/mol. The zero-order valence-electron chi connectivity index (χ0n) is 33.2. The van der Waals surface area contributed by atoms with Gasteiger partial charge in [-0.15, -0.1) is 0 Å². The molecule has 1 aromatic heterocycles. The van der Waals surface area contributed by atoms with Crippen LogP contribution in [0.5, 0.6) is 0 Å². The van der Waals surface area contributed by atoms with Crippen molar-refractivity contribution in [2.75, 3.05) is 4.90 Å². The van der Waals surface area contributed by atoms with Crippen molar-refractivity contribution in [1.82, 2.24) is 0 Å². The van der Waals surface area contributed by atoms with Crippen LogP contribution in [0.15, 0.2) is 229 Å². The highest BCUT2D eigenvalue weighted by molar-refractivity contribution is 6.22. The molecule has 0 fully saturated rings. The quantitative estimate of drug-likeness (QED) is 0.173. The van der Waals surface area contributed by atoms with Gasteiger partial charge in [-0.2, -0.15) is 0 Å². The van der Waals surface area contributed by atoms with E-state index in [4.69, 9.17) is 4.42 Å². The van der Waals surface area contributed by atoms with Crippen LogP contribution in [0.25, 0.3) is 77.2 Å². The molecule has 13 rings (SSSR count). The average Bonchev–Trinajstić information content (AvgIpc) is 3.97. The molecule has 2 heteroatoms. The van der Waals surface area contributed by atoms with Crippen LogP contribution in [-0.2, 0) is 5.41 Å². The molecule has 2 nitrogen and oxygen atoms in total. The number of furan rings is 1. The van der Waals surface area contributed by atoms with Crippen LogP contribution in [0.3, 0.4) is 0 Å². The normalized spacial score (nSPS) is 13.0. The minimum atomic E-state index is -0.461. The molecule has 2 aliphatic carbocycles. The number of hydrogen-bond acceptors (Lipinski definition) is 2. The largest absolute Gasteiger partial charge is 0.455 e. The van der Waals surface area contributed by atoms with Crippen LogP contribution in [0.1, 0.15) is 22.3 Å². The first-order valence-corrected chi connectivity index (χ1v) is 21.1. The Morgan fingerprint density at radius 3 is 1.66 bits per heavy atom. The first-order chi connectivity index (χ1) is 30.3. The summed E-state index contributed by atoms with van der Waals surface area (Å²) >= 11 is 0. The van der Waals surface area contributed by atoms with Gasteiger partial charge in [-0.25, -0.2) is 0 Å². The van der Waals surface area contributed by atoms with Crippen LogP contribution in [0.4, 0.5) is 17.1 Å². The molecule has 0 saturated carbocycles. The van der Waals surface area contributed by atoms with Crippen molar-refractivity contribution in [2.45, 2.75) is 5.41 Å². The molecule has 61 heavy (non-hydrogen) atoms. The van der Waals surface area contributed by atoms with Gasteiger partial charge in [0.05, 0.1) is 16.8 Å². The Morgan fingerprint density at radius 1 is 0.361 bits per heavy atom. The maximum absolute atomic E-state index is 6.75. The summed E-state index contributed by atoms with van der Waals surface area (Å²) in [7, 11) is 0. The Hall–Kier alpha value is -7.94. The summed E-state index contributed by atoms with van der Waals surface area (Å²) in [6.07, 6.45) is 0. The van der Waals surface area contributed by atoms with Gasteiger partial charge < -0.3 is 9.32 Å². The zero-order chi connectivity index (χ0) is 40.1. The van der Waals surface area contributed by atoms with Crippen LogP contribution < -0.4 is 4.90 Å². The van der Waals surface area contributed by atoms with Gasteiger partial charge in [0.15, 0.2) is 0 Å².